The Labute approximate surface area is 137 Å². The molecule has 1 N–H and O–H groups in total. The van der Waals surface area contributed by atoms with Gasteiger partial charge in [-0.1, -0.05) is 6.07 Å². The topological polar surface area (TPSA) is 41.6 Å². The van der Waals surface area contributed by atoms with Gasteiger partial charge in [-0.05, 0) is 32.9 Å². The second kappa shape index (κ2) is 6.58. The van der Waals surface area contributed by atoms with E-state index in [0.717, 1.165) is 12.1 Å². The molecule has 1 heterocycles. The number of carbonyl (C=O) groups excluding carboxylic acids is 1. The third-order valence-electron chi connectivity index (χ3n) is 3.53. The van der Waals surface area contributed by atoms with Crippen molar-refractivity contribution in [1.82, 2.24) is 10.2 Å². The van der Waals surface area contributed by atoms with Crippen LogP contribution in [-0.2, 0) is 10.9 Å². The molecule has 0 aliphatic carbocycles. The Morgan fingerprint density at radius 1 is 1.29 bits per heavy atom. The fraction of sp³-hybridized carbons (Fsp3) is 0.562. The van der Waals surface area contributed by atoms with Gasteiger partial charge in [0.15, 0.2) is 0 Å². The van der Waals surface area contributed by atoms with Crippen LogP contribution in [0.2, 0.25) is 0 Å². The van der Waals surface area contributed by atoms with E-state index < -0.39 is 35.3 Å². The molecule has 4 nitrogen and oxygen atoms in total. The molecule has 134 valence electrons. The molecule has 1 aromatic carbocycles. The molecule has 0 spiro atoms. The zero-order valence-corrected chi connectivity index (χ0v) is 13.7. The lowest BCUT2D eigenvalue weighted by Crippen LogP contribution is -2.49. The van der Waals surface area contributed by atoms with Crippen LogP contribution in [-0.4, -0.2) is 36.2 Å². The molecular formula is C16H20F4N2O2. The molecule has 1 aliphatic heterocycles. The van der Waals surface area contributed by atoms with Crippen LogP contribution in [0.3, 0.4) is 0 Å². The third-order valence-corrected chi connectivity index (χ3v) is 3.53. The number of hydrogen-bond acceptors (Lipinski definition) is 3. The highest BCUT2D eigenvalue weighted by atomic mass is 19.4. The minimum Gasteiger partial charge on any atom is -0.444 e. The number of hydrogen-bond donors (Lipinski definition) is 1. The summed E-state index contributed by atoms with van der Waals surface area (Å²) < 4.78 is 57.2. The normalized spacial score (nSPS) is 19.3. The van der Waals surface area contributed by atoms with Gasteiger partial charge in [0.05, 0.1) is 11.6 Å². The number of carbonyl (C=O) groups is 1. The van der Waals surface area contributed by atoms with Crippen LogP contribution in [0.15, 0.2) is 18.2 Å². The summed E-state index contributed by atoms with van der Waals surface area (Å²) in [4.78, 5) is 13.5. The standard InChI is InChI=1S/C16H20F4N2O2/c1-15(2,3)24-14(23)22-7-6-21-13(9-22)11-5-4-10(8-12(11)17)16(18,19)20/h4-5,8,13,21H,6-7,9H2,1-3H3. The van der Waals surface area contributed by atoms with Crippen molar-refractivity contribution in [1.29, 1.82) is 0 Å². The van der Waals surface area contributed by atoms with Gasteiger partial charge in [-0.15, -0.1) is 0 Å². The summed E-state index contributed by atoms with van der Waals surface area (Å²) in [6, 6.07) is 1.83. The van der Waals surface area contributed by atoms with Crippen molar-refractivity contribution in [2.75, 3.05) is 19.6 Å². The van der Waals surface area contributed by atoms with Crippen LogP contribution in [0.5, 0.6) is 0 Å². The van der Waals surface area contributed by atoms with Gasteiger partial charge in [0.25, 0.3) is 0 Å². The van der Waals surface area contributed by atoms with Crippen molar-refractivity contribution in [2.45, 2.75) is 38.6 Å². The minimum atomic E-state index is -4.60. The molecule has 0 saturated carbocycles. The summed E-state index contributed by atoms with van der Waals surface area (Å²) in [5.41, 5.74) is -1.60. The van der Waals surface area contributed by atoms with Crippen molar-refractivity contribution in [3.05, 3.63) is 35.1 Å². The van der Waals surface area contributed by atoms with E-state index in [-0.39, 0.29) is 12.1 Å². The first kappa shape index (κ1) is 18.5. The highest BCUT2D eigenvalue weighted by molar-refractivity contribution is 5.68. The maximum atomic E-state index is 14.1. The Balaban J connectivity index is 2.14. The maximum Gasteiger partial charge on any atom is 0.416 e. The maximum absolute atomic E-state index is 14.1. The van der Waals surface area contributed by atoms with E-state index in [1.165, 1.54) is 4.90 Å². The van der Waals surface area contributed by atoms with Crippen molar-refractivity contribution in [3.63, 3.8) is 0 Å². The van der Waals surface area contributed by atoms with Gasteiger partial charge in [0.1, 0.15) is 11.4 Å². The van der Waals surface area contributed by atoms with Gasteiger partial charge in [0, 0.05) is 25.2 Å². The molecule has 24 heavy (non-hydrogen) atoms. The Bertz CT molecular complexity index is 611. The summed E-state index contributed by atoms with van der Waals surface area (Å²) in [5, 5.41) is 3.01. The van der Waals surface area contributed by atoms with E-state index >= 15 is 0 Å². The molecule has 1 atom stereocenters. The lowest BCUT2D eigenvalue weighted by atomic mass is 10.0. The van der Waals surface area contributed by atoms with E-state index in [4.69, 9.17) is 4.74 Å². The van der Waals surface area contributed by atoms with E-state index in [9.17, 15) is 22.4 Å². The minimum absolute atomic E-state index is 0.0938. The Morgan fingerprint density at radius 2 is 1.96 bits per heavy atom. The predicted molar refractivity (Wildman–Crippen MR) is 80.0 cm³/mol. The van der Waals surface area contributed by atoms with E-state index in [1.54, 1.807) is 20.8 Å². The van der Waals surface area contributed by atoms with Gasteiger partial charge in [-0.2, -0.15) is 13.2 Å². The largest absolute Gasteiger partial charge is 0.444 e. The van der Waals surface area contributed by atoms with E-state index in [1.807, 2.05) is 0 Å². The van der Waals surface area contributed by atoms with Gasteiger partial charge in [-0.3, -0.25) is 0 Å². The number of alkyl halides is 3. The van der Waals surface area contributed by atoms with Gasteiger partial charge < -0.3 is 15.0 Å². The first-order valence-electron chi connectivity index (χ1n) is 7.55. The Kier molecular flexibility index (Phi) is 5.08. The number of ether oxygens (including phenoxy) is 1. The number of halogens is 4. The smallest absolute Gasteiger partial charge is 0.416 e. The number of amides is 1. The number of piperazine rings is 1. The van der Waals surface area contributed by atoms with Gasteiger partial charge in [0.2, 0.25) is 0 Å². The van der Waals surface area contributed by atoms with Crippen molar-refractivity contribution in [2.24, 2.45) is 0 Å². The van der Waals surface area contributed by atoms with E-state index in [0.29, 0.717) is 19.2 Å². The zero-order valence-electron chi connectivity index (χ0n) is 13.7. The highest BCUT2D eigenvalue weighted by Gasteiger charge is 2.33. The summed E-state index contributed by atoms with van der Waals surface area (Å²) in [7, 11) is 0. The molecule has 2 rings (SSSR count). The fourth-order valence-corrected chi connectivity index (χ4v) is 2.44. The molecular weight excluding hydrogens is 328 g/mol. The van der Waals surface area contributed by atoms with Crippen molar-refractivity contribution >= 4 is 6.09 Å². The highest BCUT2D eigenvalue weighted by Crippen LogP contribution is 2.32. The number of rotatable bonds is 1. The number of benzene rings is 1. The summed E-state index contributed by atoms with van der Waals surface area (Å²) >= 11 is 0. The molecule has 0 bridgehead atoms. The summed E-state index contributed by atoms with van der Waals surface area (Å²) in [6.45, 7) is 6.11. The summed E-state index contributed by atoms with van der Waals surface area (Å²) in [6.07, 6.45) is -5.12. The molecule has 1 amide bonds. The van der Waals surface area contributed by atoms with Crippen molar-refractivity contribution < 1.29 is 27.1 Å². The van der Waals surface area contributed by atoms with Crippen molar-refractivity contribution in [3.8, 4) is 0 Å². The summed E-state index contributed by atoms with van der Waals surface area (Å²) in [5.74, 6) is -0.951. The SMILES string of the molecule is CC(C)(C)OC(=O)N1CCNC(c2ccc(C(F)(F)F)cc2F)C1. The third kappa shape index (κ3) is 4.59. The van der Waals surface area contributed by atoms with Crippen LogP contribution in [0, 0.1) is 5.82 Å². The van der Waals surface area contributed by atoms with Gasteiger partial charge in [-0.25, -0.2) is 9.18 Å². The van der Waals surface area contributed by atoms with E-state index in [2.05, 4.69) is 5.32 Å². The van der Waals surface area contributed by atoms with Crippen LogP contribution in [0.4, 0.5) is 22.4 Å². The quantitative estimate of drug-likeness (QED) is 0.787. The van der Waals surface area contributed by atoms with Crippen LogP contribution in [0.25, 0.3) is 0 Å². The molecule has 1 fully saturated rings. The zero-order chi connectivity index (χ0) is 18.1. The molecule has 0 radical (unpaired) electrons. The second-order valence-electron chi connectivity index (χ2n) is 6.67. The van der Waals surface area contributed by atoms with Crippen LogP contribution in [0.1, 0.15) is 37.9 Å². The van der Waals surface area contributed by atoms with Crippen LogP contribution < -0.4 is 5.32 Å². The second-order valence-corrected chi connectivity index (χ2v) is 6.67. The Hall–Kier alpha value is -1.83. The van der Waals surface area contributed by atoms with Gasteiger partial charge >= 0.3 is 12.3 Å². The first-order chi connectivity index (χ1) is 11.0. The Morgan fingerprint density at radius 3 is 2.50 bits per heavy atom. The number of nitrogens with zero attached hydrogens (tertiary/aromatic N) is 1. The lowest BCUT2D eigenvalue weighted by Gasteiger charge is -2.35. The lowest BCUT2D eigenvalue weighted by molar-refractivity contribution is -0.137. The average molecular weight is 348 g/mol. The average Bonchev–Trinajstić information content (AvgIpc) is 2.44. The first-order valence-corrected chi connectivity index (χ1v) is 7.55. The molecule has 1 aromatic rings. The molecule has 1 aliphatic rings. The number of nitrogens with one attached hydrogen (secondary N) is 1. The fourth-order valence-electron chi connectivity index (χ4n) is 2.44. The molecule has 8 heteroatoms. The molecule has 1 saturated heterocycles. The molecule has 0 aromatic heterocycles. The monoisotopic (exact) mass is 348 g/mol. The predicted octanol–water partition coefficient (Wildman–Crippen LogP) is 3.73. The molecule has 1 unspecified atom stereocenters. The van der Waals surface area contributed by atoms with Crippen LogP contribution >= 0.6 is 0 Å².